The molecular weight excluding hydrogens is 210 g/mol. The zero-order chi connectivity index (χ0) is 12.3. The van der Waals surface area contributed by atoms with Crippen molar-refractivity contribution in [3.8, 4) is 0 Å². The molecule has 2 aliphatic heterocycles. The first-order valence-electron chi connectivity index (χ1n) is 7.24. The van der Waals surface area contributed by atoms with Crippen LogP contribution in [0.25, 0.3) is 0 Å². The Hall–Kier alpha value is -0.120. The summed E-state index contributed by atoms with van der Waals surface area (Å²) in [6.45, 7) is 5.03. The van der Waals surface area contributed by atoms with E-state index in [1.165, 1.54) is 51.9 Å². The Morgan fingerprint density at radius 1 is 1.18 bits per heavy atom. The molecule has 100 valence electrons. The molecule has 0 saturated carbocycles. The summed E-state index contributed by atoms with van der Waals surface area (Å²) in [5.41, 5.74) is 0. The third-order valence-electron chi connectivity index (χ3n) is 4.56. The van der Waals surface area contributed by atoms with E-state index in [9.17, 15) is 0 Å². The summed E-state index contributed by atoms with van der Waals surface area (Å²) < 4.78 is 0. The van der Waals surface area contributed by atoms with Crippen molar-refractivity contribution in [1.82, 2.24) is 15.1 Å². The predicted molar refractivity (Wildman–Crippen MR) is 73.3 cm³/mol. The maximum Gasteiger partial charge on any atom is 0.0170 e. The molecule has 3 nitrogen and oxygen atoms in total. The highest BCUT2D eigenvalue weighted by molar-refractivity contribution is 4.89. The monoisotopic (exact) mass is 239 g/mol. The van der Waals surface area contributed by atoms with Gasteiger partial charge in [-0.1, -0.05) is 0 Å². The van der Waals surface area contributed by atoms with E-state index in [0.29, 0.717) is 0 Å². The fourth-order valence-corrected chi connectivity index (χ4v) is 3.88. The summed E-state index contributed by atoms with van der Waals surface area (Å²) in [6, 6.07) is 0.769. The smallest absolute Gasteiger partial charge is 0.0170 e. The Balaban J connectivity index is 1.99. The van der Waals surface area contributed by atoms with E-state index in [1.54, 1.807) is 0 Å². The molecule has 17 heavy (non-hydrogen) atoms. The highest BCUT2D eigenvalue weighted by Crippen LogP contribution is 2.29. The van der Waals surface area contributed by atoms with E-state index < -0.39 is 0 Å². The summed E-state index contributed by atoms with van der Waals surface area (Å²) in [5.74, 6) is 1.73. The van der Waals surface area contributed by atoms with Gasteiger partial charge in [0, 0.05) is 12.6 Å². The average Bonchev–Trinajstić information content (AvgIpc) is 2.30. The number of hydrogen-bond acceptors (Lipinski definition) is 3. The number of likely N-dealkylation sites (tertiary alicyclic amines) is 1. The lowest BCUT2D eigenvalue weighted by Crippen LogP contribution is -2.51. The Morgan fingerprint density at radius 3 is 2.53 bits per heavy atom. The van der Waals surface area contributed by atoms with E-state index >= 15 is 0 Å². The number of rotatable bonds is 3. The van der Waals surface area contributed by atoms with Gasteiger partial charge < -0.3 is 15.1 Å². The van der Waals surface area contributed by atoms with Gasteiger partial charge in [0.15, 0.2) is 0 Å². The lowest BCUT2D eigenvalue weighted by molar-refractivity contribution is 0.0722. The Labute approximate surface area is 107 Å². The minimum Gasteiger partial charge on any atom is -0.316 e. The molecule has 0 radical (unpaired) electrons. The maximum absolute atomic E-state index is 3.58. The fraction of sp³-hybridized carbons (Fsp3) is 1.00. The molecule has 3 atom stereocenters. The van der Waals surface area contributed by atoms with Crippen LogP contribution in [0.3, 0.4) is 0 Å². The quantitative estimate of drug-likeness (QED) is 0.800. The van der Waals surface area contributed by atoms with Gasteiger partial charge in [0.2, 0.25) is 0 Å². The van der Waals surface area contributed by atoms with Gasteiger partial charge in [0.05, 0.1) is 0 Å². The molecule has 0 aromatic carbocycles. The summed E-state index contributed by atoms with van der Waals surface area (Å²) in [6.07, 6.45) is 5.57. The van der Waals surface area contributed by atoms with Gasteiger partial charge in [0.25, 0.3) is 0 Å². The van der Waals surface area contributed by atoms with Gasteiger partial charge in [-0.15, -0.1) is 0 Å². The van der Waals surface area contributed by atoms with Crippen molar-refractivity contribution in [1.29, 1.82) is 0 Å². The van der Waals surface area contributed by atoms with Gasteiger partial charge in [-0.2, -0.15) is 0 Å². The van der Waals surface area contributed by atoms with Crippen LogP contribution in [0, 0.1) is 11.8 Å². The largest absolute Gasteiger partial charge is 0.316 e. The van der Waals surface area contributed by atoms with E-state index in [2.05, 4.69) is 36.3 Å². The minimum absolute atomic E-state index is 0.769. The second-order valence-corrected chi connectivity index (χ2v) is 6.23. The van der Waals surface area contributed by atoms with E-state index in [0.717, 1.165) is 17.9 Å². The molecule has 0 aromatic rings. The van der Waals surface area contributed by atoms with Gasteiger partial charge in [0.1, 0.15) is 0 Å². The van der Waals surface area contributed by atoms with Crippen LogP contribution in [-0.4, -0.2) is 63.2 Å². The van der Waals surface area contributed by atoms with Crippen LogP contribution in [0.5, 0.6) is 0 Å². The zero-order valence-corrected chi connectivity index (χ0v) is 11.8. The van der Waals surface area contributed by atoms with Crippen molar-refractivity contribution in [3.05, 3.63) is 0 Å². The molecular formula is C14H29N3. The first kappa shape index (κ1) is 13.3. The van der Waals surface area contributed by atoms with Crippen LogP contribution >= 0.6 is 0 Å². The van der Waals surface area contributed by atoms with Crippen LogP contribution in [-0.2, 0) is 0 Å². The summed E-state index contributed by atoms with van der Waals surface area (Å²) >= 11 is 0. The molecule has 2 saturated heterocycles. The summed E-state index contributed by atoms with van der Waals surface area (Å²) in [4.78, 5) is 5.00. The Morgan fingerprint density at radius 2 is 1.94 bits per heavy atom. The molecule has 0 amide bonds. The van der Waals surface area contributed by atoms with Crippen molar-refractivity contribution in [2.75, 3.05) is 47.3 Å². The van der Waals surface area contributed by atoms with Crippen LogP contribution in [0.4, 0.5) is 0 Å². The normalized spacial score (nSPS) is 33.9. The molecule has 0 aliphatic carbocycles. The number of hydrogen-bond donors (Lipinski definition) is 1. The molecule has 2 heterocycles. The molecule has 1 N–H and O–H groups in total. The molecule has 0 spiro atoms. The minimum atomic E-state index is 0.769. The van der Waals surface area contributed by atoms with Crippen molar-refractivity contribution >= 4 is 0 Å². The lowest BCUT2D eigenvalue weighted by Gasteiger charge is -2.43. The third-order valence-corrected chi connectivity index (χ3v) is 4.56. The first-order chi connectivity index (χ1) is 8.18. The predicted octanol–water partition coefficient (Wildman–Crippen LogP) is 1.26. The number of nitrogens with zero attached hydrogens (tertiary/aromatic N) is 2. The standard InChI is InChI=1S/C14H29N3/c1-16(2)14(12-6-4-8-15-10-12)13-7-5-9-17(3)11-13/h12-15H,4-11H2,1-3H3. The molecule has 3 heteroatoms. The SMILES string of the molecule is CN1CCCC(C(C2CCCNC2)N(C)C)C1. The van der Waals surface area contributed by atoms with Crippen LogP contribution in [0.15, 0.2) is 0 Å². The zero-order valence-electron chi connectivity index (χ0n) is 11.8. The fourth-order valence-electron chi connectivity index (χ4n) is 3.88. The van der Waals surface area contributed by atoms with Crippen LogP contribution in [0.2, 0.25) is 0 Å². The lowest BCUT2D eigenvalue weighted by atomic mass is 9.79. The van der Waals surface area contributed by atoms with Gasteiger partial charge in [-0.05, 0) is 78.3 Å². The van der Waals surface area contributed by atoms with E-state index in [4.69, 9.17) is 0 Å². The molecule has 2 fully saturated rings. The summed E-state index contributed by atoms with van der Waals surface area (Å²) in [7, 11) is 6.82. The highest BCUT2D eigenvalue weighted by Gasteiger charge is 2.33. The van der Waals surface area contributed by atoms with Crippen molar-refractivity contribution < 1.29 is 0 Å². The number of nitrogens with one attached hydrogen (secondary N) is 1. The van der Waals surface area contributed by atoms with E-state index in [1.807, 2.05) is 0 Å². The molecule has 0 bridgehead atoms. The second kappa shape index (κ2) is 6.17. The molecule has 0 aromatic heterocycles. The third kappa shape index (κ3) is 3.43. The van der Waals surface area contributed by atoms with Gasteiger partial charge in [-0.25, -0.2) is 0 Å². The maximum atomic E-state index is 3.58. The number of piperidine rings is 2. The highest BCUT2D eigenvalue weighted by atomic mass is 15.2. The van der Waals surface area contributed by atoms with Crippen molar-refractivity contribution in [2.24, 2.45) is 11.8 Å². The topological polar surface area (TPSA) is 18.5 Å². The molecule has 2 rings (SSSR count). The van der Waals surface area contributed by atoms with Crippen molar-refractivity contribution in [2.45, 2.75) is 31.7 Å². The van der Waals surface area contributed by atoms with Gasteiger partial charge >= 0.3 is 0 Å². The first-order valence-corrected chi connectivity index (χ1v) is 7.24. The molecule has 2 aliphatic rings. The van der Waals surface area contributed by atoms with Crippen molar-refractivity contribution in [3.63, 3.8) is 0 Å². The van der Waals surface area contributed by atoms with Crippen LogP contribution in [0.1, 0.15) is 25.7 Å². The van der Waals surface area contributed by atoms with E-state index in [-0.39, 0.29) is 0 Å². The Bertz CT molecular complexity index is 224. The van der Waals surface area contributed by atoms with Crippen LogP contribution < -0.4 is 5.32 Å². The molecule has 3 unspecified atom stereocenters. The summed E-state index contributed by atoms with van der Waals surface area (Å²) in [5, 5.41) is 3.58. The second-order valence-electron chi connectivity index (χ2n) is 6.23. The Kier molecular flexibility index (Phi) is 4.83. The van der Waals surface area contributed by atoms with Gasteiger partial charge in [-0.3, -0.25) is 0 Å². The average molecular weight is 239 g/mol.